The first-order valence-corrected chi connectivity index (χ1v) is 6.29. The van der Waals surface area contributed by atoms with E-state index in [0.717, 1.165) is 0 Å². The number of piperidine rings is 1. The predicted molar refractivity (Wildman–Crippen MR) is 64.6 cm³/mol. The fourth-order valence-corrected chi connectivity index (χ4v) is 1.91. The van der Waals surface area contributed by atoms with Crippen molar-refractivity contribution < 1.29 is 19.1 Å². The molecule has 1 heterocycles. The van der Waals surface area contributed by atoms with Crippen molar-refractivity contribution in [3.63, 3.8) is 0 Å². The summed E-state index contributed by atoms with van der Waals surface area (Å²) in [5.41, 5.74) is 0. The summed E-state index contributed by atoms with van der Waals surface area (Å²) in [6, 6.07) is 0. The molecule has 1 aliphatic rings. The minimum atomic E-state index is -0.396. The number of hydrogen-bond donors (Lipinski definition) is 1. The summed E-state index contributed by atoms with van der Waals surface area (Å²) in [5, 5.41) is 2.67. The lowest BCUT2D eigenvalue weighted by atomic mass is 9.97. The molecule has 2 amide bonds. The highest BCUT2D eigenvalue weighted by molar-refractivity contribution is 5.86. The zero-order chi connectivity index (χ0) is 13.5. The van der Waals surface area contributed by atoms with Crippen LogP contribution in [0.4, 0.5) is 0 Å². The van der Waals surface area contributed by atoms with Crippen molar-refractivity contribution in [2.45, 2.75) is 26.7 Å². The third-order valence-electron chi connectivity index (χ3n) is 2.93. The normalized spacial score (nSPS) is 19.0. The van der Waals surface area contributed by atoms with Gasteiger partial charge >= 0.3 is 5.97 Å². The van der Waals surface area contributed by atoms with E-state index in [1.807, 2.05) is 6.92 Å². The minimum Gasteiger partial charge on any atom is -0.465 e. The summed E-state index contributed by atoms with van der Waals surface area (Å²) < 4.78 is 4.83. The van der Waals surface area contributed by atoms with Crippen molar-refractivity contribution in [3.8, 4) is 0 Å². The summed E-state index contributed by atoms with van der Waals surface area (Å²) in [6.45, 7) is 4.65. The van der Waals surface area contributed by atoms with E-state index in [9.17, 15) is 14.4 Å². The van der Waals surface area contributed by atoms with Crippen LogP contribution in [0.15, 0.2) is 0 Å². The third kappa shape index (κ3) is 4.01. The van der Waals surface area contributed by atoms with Crippen molar-refractivity contribution in [1.29, 1.82) is 0 Å². The molecule has 1 unspecified atom stereocenters. The maximum atomic E-state index is 12.1. The van der Waals surface area contributed by atoms with Gasteiger partial charge in [-0.2, -0.15) is 0 Å². The van der Waals surface area contributed by atoms with Crippen LogP contribution in [-0.2, 0) is 19.1 Å². The Morgan fingerprint density at radius 1 is 1.44 bits per heavy atom. The van der Waals surface area contributed by atoms with Gasteiger partial charge in [-0.15, -0.1) is 0 Å². The molecule has 6 nitrogen and oxygen atoms in total. The summed E-state index contributed by atoms with van der Waals surface area (Å²) >= 11 is 0. The SMILES string of the molecule is CCOC(=O)CN(CC)C(=O)C1CCC(=O)NC1. The monoisotopic (exact) mass is 256 g/mol. The lowest BCUT2D eigenvalue weighted by Crippen LogP contribution is -2.46. The molecule has 18 heavy (non-hydrogen) atoms. The fourth-order valence-electron chi connectivity index (χ4n) is 1.91. The van der Waals surface area contributed by atoms with Crippen LogP contribution in [0, 0.1) is 5.92 Å². The molecule has 1 aliphatic heterocycles. The van der Waals surface area contributed by atoms with Crippen LogP contribution in [0.3, 0.4) is 0 Å². The van der Waals surface area contributed by atoms with E-state index in [1.165, 1.54) is 4.90 Å². The molecule has 1 rings (SSSR count). The van der Waals surface area contributed by atoms with Gasteiger partial charge in [-0.1, -0.05) is 0 Å². The maximum absolute atomic E-state index is 12.1. The first kappa shape index (κ1) is 14.5. The number of carbonyl (C=O) groups is 3. The van der Waals surface area contributed by atoms with Crippen molar-refractivity contribution in [2.75, 3.05) is 26.2 Å². The molecule has 1 fully saturated rings. The van der Waals surface area contributed by atoms with Gasteiger partial charge in [0.15, 0.2) is 0 Å². The summed E-state index contributed by atoms with van der Waals surface area (Å²) in [7, 11) is 0. The zero-order valence-electron chi connectivity index (χ0n) is 10.9. The number of nitrogens with zero attached hydrogens (tertiary/aromatic N) is 1. The number of carbonyl (C=O) groups excluding carboxylic acids is 3. The first-order valence-electron chi connectivity index (χ1n) is 6.29. The molecule has 102 valence electrons. The second-order valence-electron chi connectivity index (χ2n) is 4.20. The van der Waals surface area contributed by atoms with E-state index < -0.39 is 5.97 Å². The van der Waals surface area contributed by atoms with Gasteiger partial charge in [0.2, 0.25) is 11.8 Å². The summed E-state index contributed by atoms with van der Waals surface area (Å²) in [5.74, 6) is -0.734. The Kier molecular flexibility index (Phi) is 5.61. The van der Waals surface area contributed by atoms with Crippen molar-refractivity contribution in [3.05, 3.63) is 0 Å². The Morgan fingerprint density at radius 2 is 2.17 bits per heavy atom. The third-order valence-corrected chi connectivity index (χ3v) is 2.93. The van der Waals surface area contributed by atoms with Gasteiger partial charge in [0.25, 0.3) is 0 Å². The molecule has 0 aromatic heterocycles. The number of amides is 2. The molecule has 0 aliphatic carbocycles. The number of likely N-dealkylation sites (N-methyl/N-ethyl adjacent to an activating group) is 1. The Hall–Kier alpha value is -1.59. The molecule has 0 aromatic rings. The number of nitrogens with one attached hydrogen (secondary N) is 1. The molecule has 1 N–H and O–H groups in total. The molecular formula is C12H20N2O4. The van der Waals surface area contributed by atoms with Gasteiger partial charge < -0.3 is 15.0 Å². The Balaban J connectivity index is 2.51. The maximum Gasteiger partial charge on any atom is 0.325 e. The molecule has 1 atom stereocenters. The highest BCUT2D eigenvalue weighted by Gasteiger charge is 2.28. The van der Waals surface area contributed by atoms with Crippen LogP contribution in [-0.4, -0.2) is 48.9 Å². The van der Waals surface area contributed by atoms with Gasteiger partial charge in [0, 0.05) is 19.5 Å². The topological polar surface area (TPSA) is 75.7 Å². The smallest absolute Gasteiger partial charge is 0.325 e. The van der Waals surface area contributed by atoms with Crippen LogP contribution < -0.4 is 5.32 Å². The van der Waals surface area contributed by atoms with Crippen molar-refractivity contribution in [1.82, 2.24) is 10.2 Å². The zero-order valence-corrected chi connectivity index (χ0v) is 10.9. The highest BCUT2D eigenvalue weighted by atomic mass is 16.5. The first-order chi connectivity index (χ1) is 8.58. The Labute approximate surface area is 107 Å². The van der Waals surface area contributed by atoms with E-state index in [0.29, 0.717) is 32.5 Å². The van der Waals surface area contributed by atoms with Gasteiger partial charge in [-0.05, 0) is 20.3 Å². The van der Waals surface area contributed by atoms with Gasteiger partial charge in [-0.25, -0.2) is 0 Å². The van der Waals surface area contributed by atoms with E-state index in [1.54, 1.807) is 6.92 Å². The number of rotatable bonds is 5. The minimum absolute atomic E-state index is 0.0202. The van der Waals surface area contributed by atoms with E-state index in [4.69, 9.17) is 4.74 Å². The van der Waals surface area contributed by atoms with Crippen molar-refractivity contribution in [2.24, 2.45) is 5.92 Å². The second kappa shape index (κ2) is 6.98. The lowest BCUT2D eigenvalue weighted by molar-refractivity contribution is -0.150. The lowest BCUT2D eigenvalue weighted by Gasteiger charge is -2.27. The molecule has 0 saturated carbocycles. The predicted octanol–water partition coefficient (Wildman–Crippen LogP) is -0.0758. The molecule has 6 heteroatoms. The van der Waals surface area contributed by atoms with Gasteiger partial charge in [0.05, 0.1) is 12.5 Å². The van der Waals surface area contributed by atoms with Gasteiger partial charge in [0.1, 0.15) is 6.54 Å². The van der Waals surface area contributed by atoms with E-state index in [2.05, 4.69) is 5.32 Å². The van der Waals surface area contributed by atoms with Crippen LogP contribution in [0.1, 0.15) is 26.7 Å². The largest absolute Gasteiger partial charge is 0.465 e. The van der Waals surface area contributed by atoms with Crippen LogP contribution in [0.2, 0.25) is 0 Å². The molecular weight excluding hydrogens is 236 g/mol. The van der Waals surface area contributed by atoms with Crippen molar-refractivity contribution >= 4 is 17.8 Å². The molecule has 1 saturated heterocycles. The molecule has 0 spiro atoms. The summed E-state index contributed by atoms with van der Waals surface area (Å²) in [4.78, 5) is 36.0. The Morgan fingerprint density at radius 3 is 2.67 bits per heavy atom. The molecule has 0 aromatic carbocycles. The average Bonchev–Trinajstić information content (AvgIpc) is 2.36. The highest BCUT2D eigenvalue weighted by Crippen LogP contribution is 2.14. The Bertz CT molecular complexity index is 320. The van der Waals surface area contributed by atoms with E-state index in [-0.39, 0.29) is 24.3 Å². The molecule has 0 bridgehead atoms. The second-order valence-corrected chi connectivity index (χ2v) is 4.20. The fraction of sp³-hybridized carbons (Fsp3) is 0.750. The summed E-state index contributed by atoms with van der Waals surface area (Å²) in [6.07, 6.45) is 0.914. The number of esters is 1. The standard InChI is InChI=1S/C12H20N2O4/c1-3-14(8-11(16)18-4-2)12(17)9-5-6-10(15)13-7-9/h9H,3-8H2,1-2H3,(H,13,15). The van der Waals surface area contributed by atoms with Gasteiger partial charge in [-0.3, -0.25) is 14.4 Å². The van der Waals surface area contributed by atoms with E-state index >= 15 is 0 Å². The van der Waals surface area contributed by atoms with Crippen LogP contribution in [0.5, 0.6) is 0 Å². The average molecular weight is 256 g/mol. The van der Waals surface area contributed by atoms with Crippen LogP contribution in [0.25, 0.3) is 0 Å². The quantitative estimate of drug-likeness (QED) is 0.698. The number of ether oxygens (including phenoxy) is 1. The molecule has 0 radical (unpaired) electrons. The van der Waals surface area contributed by atoms with Crippen LogP contribution >= 0.6 is 0 Å². The number of hydrogen-bond acceptors (Lipinski definition) is 4.